The third-order valence-electron chi connectivity index (χ3n) is 4.02. The second kappa shape index (κ2) is 8.66. The summed E-state index contributed by atoms with van der Waals surface area (Å²) in [4.78, 5) is 25.2. The molecular formula is C21H18N4O3S. The van der Waals surface area contributed by atoms with Gasteiger partial charge in [-0.25, -0.2) is 9.97 Å². The van der Waals surface area contributed by atoms with Gasteiger partial charge in [-0.3, -0.25) is 9.78 Å². The van der Waals surface area contributed by atoms with Crippen molar-refractivity contribution in [3.63, 3.8) is 0 Å². The molecule has 0 radical (unpaired) electrons. The van der Waals surface area contributed by atoms with Crippen LogP contribution in [0, 0.1) is 6.92 Å². The van der Waals surface area contributed by atoms with Crippen LogP contribution in [0.4, 0.5) is 5.82 Å². The largest absolute Gasteiger partial charge is 0.485 e. The molecule has 0 spiro atoms. The van der Waals surface area contributed by atoms with Crippen molar-refractivity contribution in [1.82, 2.24) is 15.0 Å². The van der Waals surface area contributed by atoms with Gasteiger partial charge < -0.3 is 14.5 Å². The maximum absolute atomic E-state index is 12.5. The molecule has 7 nitrogen and oxygen atoms in total. The summed E-state index contributed by atoms with van der Waals surface area (Å²) in [5.41, 5.74) is 1.65. The van der Waals surface area contributed by atoms with Gasteiger partial charge in [-0.05, 0) is 48.9 Å². The van der Waals surface area contributed by atoms with Crippen molar-refractivity contribution in [2.24, 2.45) is 0 Å². The molecule has 1 N–H and O–H groups in total. The molecule has 0 bridgehead atoms. The minimum atomic E-state index is -0.218. The van der Waals surface area contributed by atoms with Gasteiger partial charge in [-0.2, -0.15) is 0 Å². The lowest BCUT2D eigenvalue weighted by Crippen LogP contribution is -2.16. The fraction of sp³-hybridized carbons (Fsp3) is 0.143. The van der Waals surface area contributed by atoms with Crippen molar-refractivity contribution in [2.45, 2.75) is 20.0 Å². The molecule has 0 aliphatic rings. The summed E-state index contributed by atoms with van der Waals surface area (Å²) in [5.74, 6) is 2.19. The topological polar surface area (TPSA) is 90.1 Å². The Morgan fingerprint density at radius 1 is 1.17 bits per heavy atom. The quantitative estimate of drug-likeness (QED) is 0.493. The van der Waals surface area contributed by atoms with Crippen LogP contribution in [0.5, 0.6) is 5.75 Å². The molecule has 4 heterocycles. The van der Waals surface area contributed by atoms with Gasteiger partial charge in [0.25, 0.3) is 0 Å². The number of aryl methyl sites for hydroxylation is 1. The molecule has 1 amide bonds. The number of hydrogen-bond donors (Lipinski definition) is 1. The van der Waals surface area contributed by atoms with Crippen LogP contribution in [0.2, 0.25) is 0 Å². The number of hydrogen-bond acceptors (Lipinski definition) is 7. The van der Waals surface area contributed by atoms with Crippen molar-refractivity contribution in [2.75, 3.05) is 5.32 Å². The normalized spacial score (nSPS) is 10.7. The zero-order valence-corrected chi connectivity index (χ0v) is 16.5. The molecule has 4 aromatic heterocycles. The van der Waals surface area contributed by atoms with Crippen molar-refractivity contribution < 1.29 is 13.9 Å². The molecular weight excluding hydrogens is 388 g/mol. The van der Waals surface area contributed by atoms with Crippen LogP contribution in [-0.2, 0) is 17.8 Å². The van der Waals surface area contributed by atoms with E-state index >= 15 is 0 Å². The maximum atomic E-state index is 12.5. The molecule has 0 fully saturated rings. The molecule has 8 heteroatoms. The van der Waals surface area contributed by atoms with Gasteiger partial charge in [0, 0.05) is 24.0 Å². The second-order valence-corrected chi connectivity index (χ2v) is 7.13. The molecule has 0 aromatic carbocycles. The third kappa shape index (κ3) is 4.85. The molecule has 29 heavy (non-hydrogen) atoms. The molecule has 0 unspecified atom stereocenters. The molecule has 0 atom stereocenters. The smallest absolute Gasteiger partial charge is 0.231 e. The average Bonchev–Trinajstić information content (AvgIpc) is 3.37. The lowest BCUT2D eigenvalue weighted by molar-refractivity contribution is -0.115. The van der Waals surface area contributed by atoms with E-state index in [0.717, 1.165) is 16.3 Å². The SMILES string of the molecule is Cc1ccc(-c2nc(CC(=O)Nc3ncccc3OCc3ccncc3)cs2)o1. The lowest BCUT2D eigenvalue weighted by atomic mass is 10.3. The van der Waals surface area contributed by atoms with Crippen molar-refractivity contribution >= 4 is 23.1 Å². The van der Waals surface area contributed by atoms with Gasteiger partial charge in [-0.1, -0.05) is 0 Å². The van der Waals surface area contributed by atoms with Crippen LogP contribution in [0.25, 0.3) is 10.8 Å². The fourth-order valence-corrected chi connectivity index (χ4v) is 3.41. The second-order valence-electron chi connectivity index (χ2n) is 6.27. The summed E-state index contributed by atoms with van der Waals surface area (Å²) >= 11 is 1.44. The molecule has 0 saturated carbocycles. The number of furan rings is 1. The maximum Gasteiger partial charge on any atom is 0.231 e. The molecule has 4 aromatic rings. The van der Waals surface area contributed by atoms with E-state index in [4.69, 9.17) is 9.15 Å². The third-order valence-corrected chi connectivity index (χ3v) is 4.92. The highest BCUT2D eigenvalue weighted by atomic mass is 32.1. The predicted octanol–water partition coefficient (Wildman–Crippen LogP) is 4.26. The van der Waals surface area contributed by atoms with Crippen LogP contribution in [0.1, 0.15) is 17.0 Å². The summed E-state index contributed by atoms with van der Waals surface area (Å²) in [6.07, 6.45) is 5.15. The number of anilines is 1. The van der Waals surface area contributed by atoms with E-state index in [0.29, 0.717) is 29.6 Å². The minimum absolute atomic E-state index is 0.135. The van der Waals surface area contributed by atoms with E-state index < -0.39 is 0 Å². The molecule has 0 aliphatic carbocycles. The number of nitrogens with zero attached hydrogens (tertiary/aromatic N) is 3. The fourth-order valence-electron chi connectivity index (χ4n) is 2.63. The van der Waals surface area contributed by atoms with Gasteiger partial charge in [-0.15, -0.1) is 11.3 Å². The Bertz CT molecular complexity index is 1110. The average molecular weight is 406 g/mol. The van der Waals surface area contributed by atoms with Gasteiger partial charge in [0.1, 0.15) is 12.4 Å². The first-order valence-corrected chi connectivity index (χ1v) is 9.83. The van der Waals surface area contributed by atoms with Gasteiger partial charge in [0.2, 0.25) is 5.91 Å². The van der Waals surface area contributed by atoms with Crippen molar-refractivity contribution in [1.29, 1.82) is 0 Å². The van der Waals surface area contributed by atoms with Crippen molar-refractivity contribution in [3.05, 3.63) is 77.4 Å². The summed E-state index contributed by atoms with van der Waals surface area (Å²) in [6.45, 7) is 2.24. The first kappa shape index (κ1) is 18.8. The highest BCUT2D eigenvalue weighted by Gasteiger charge is 2.14. The number of carbonyl (C=O) groups excluding carboxylic acids is 1. The Hall–Kier alpha value is -3.52. The highest BCUT2D eigenvalue weighted by molar-refractivity contribution is 7.13. The number of rotatable bonds is 7. The highest BCUT2D eigenvalue weighted by Crippen LogP contribution is 2.26. The van der Waals surface area contributed by atoms with Gasteiger partial charge in [0.15, 0.2) is 22.3 Å². The summed E-state index contributed by atoms with van der Waals surface area (Å²) in [6, 6.07) is 11.0. The number of nitrogens with one attached hydrogen (secondary N) is 1. The van der Waals surface area contributed by atoms with Crippen LogP contribution >= 0.6 is 11.3 Å². The number of amides is 1. The summed E-state index contributed by atoms with van der Waals surface area (Å²) in [5, 5.41) is 5.41. The Morgan fingerprint density at radius 3 is 2.83 bits per heavy atom. The zero-order valence-electron chi connectivity index (χ0n) is 15.7. The van der Waals surface area contributed by atoms with E-state index in [2.05, 4.69) is 20.3 Å². The molecule has 146 valence electrons. The van der Waals surface area contributed by atoms with E-state index in [9.17, 15) is 4.79 Å². The minimum Gasteiger partial charge on any atom is -0.485 e. The first-order chi connectivity index (χ1) is 14.2. The predicted molar refractivity (Wildman–Crippen MR) is 110 cm³/mol. The van der Waals surface area contributed by atoms with E-state index in [1.807, 2.05) is 36.6 Å². The summed E-state index contributed by atoms with van der Waals surface area (Å²) < 4.78 is 11.4. The first-order valence-electron chi connectivity index (χ1n) is 8.95. The molecule has 4 rings (SSSR count). The van der Waals surface area contributed by atoms with Crippen molar-refractivity contribution in [3.8, 4) is 16.5 Å². The van der Waals surface area contributed by atoms with E-state index in [1.165, 1.54) is 11.3 Å². The number of pyridine rings is 2. The lowest BCUT2D eigenvalue weighted by Gasteiger charge is -2.11. The Labute approximate surface area is 171 Å². The van der Waals surface area contributed by atoms with Crippen LogP contribution in [0.3, 0.4) is 0 Å². The standard InChI is InChI=1S/C21H18N4O3S/c1-14-4-5-18(28-14)21-24-16(13-29-21)11-19(26)25-20-17(3-2-8-23-20)27-12-15-6-9-22-10-7-15/h2-10,13H,11-12H2,1H3,(H,23,25,26). The number of carbonyl (C=O) groups is 1. The van der Waals surface area contributed by atoms with Crippen LogP contribution in [0.15, 0.2) is 64.8 Å². The van der Waals surface area contributed by atoms with Gasteiger partial charge in [0.05, 0.1) is 12.1 Å². The zero-order chi connectivity index (χ0) is 20.1. The van der Waals surface area contributed by atoms with E-state index in [-0.39, 0.29) is 12.3 Å². The number of ether oxygens (including phenoxy) is 1. The van der Waals surface area contributed by atoms with Crippen LogP contribution in [-0.4, -0.2) is 20.9 Å². The van der Waals surface area contributed by atoms with Crippen LogP contribution < -0.4 is 10.1 Å². The number of thiazole rings is 1. The number of aromatic nitrogens is 3. The Kier molecular flexibility index (Phi) is 5.62. The van der Waals surface area contributed by atoms with Gasteiger partial charge >= 0.3 is 0 Å². The van der Waals surface area contributed by atoms with E-state index in [1.54, 1.807) is 30.7 Å². The Balaban J connectivity index is 1.39. The Morgan fingerprint density at radius 2 is 2.03 bits per heavy atom. The molecule has 0 saturated heterocycles. The monoisotopic (exact) mass is 406 g/mol. The summed E-state index contributed by atoms with van der Waals surface area (Å²) in [7, 11) is 0. The molecule has 0 aliphatic heterocycles.